The summed E-state index contributed by atoms with van der Waals surface area (Å²) >= 11 is 0. The molecular formula is C21H23N3O2. The van der Waals surface area contributed by atoms with Crippen LogP contribution in [-0.2, 0) is 17.8 Å². The molecule has 5 heteroatoms. The Morgan fingerprint density at radius 2 is 1.88 bits per heavy atom. The van der Waals surface area contributed by atoms with E-state index in [-0.39, 0.29) is 5.97 Å². The molecule has 26 heavy (non-hydrogen) atoms. The minimum atomic E-state index is -0.263. The van der Waals surface area contributed by atoms with Crippen molar-refractivity contribution in [2.75, 3.05) is 13.7 Å². The molecule has 0 aliphatic carbocycles. The van der Waals surface area contributed by atoms with E-state index in [1.54, 1.807) is 12.5 Å². The minimum absolute atomic E-state index is 0.263. The van der Waals surface area contributed by atoms with E-state index in [1.807, 2.05) is 49.0 Å². The van der Waals surface area contributed by atoms with Crippen LogP contribution in [0.25, 0.3) is 5.69 Å². The van der Waals surface area contributed by atoms with Crippen LogP contribution in [0.2, 0.25) is 0 Å². The highest BCUT2D eigenvalue weighted by Crippen LogP contribution is 2.15. The number of imidazole rings is 1. The van der Waals surface area contributed by atoms with E-state index in [9.17, 15) is 4.79 Å². The van der Waals surface area contributed by atoms with E-state index < -0.39 is 0 Å². The summed E-state index contributed by atoms with van der Waals surface area (Å²) in [7, 11) is 2.05. The Hall–Kier alpha value is -2.92. The highest BCUT2D eigenvalue weighted by molar-refractivity contribution is 5.91. The second kappa shape index (κ2) is 8.45. The second-order valence-corrected chi connectivity index (χ2v) is 6.19. The fraction of sp³-hybridized carbons (Fsp3) is 0.238. The molecule has 2 aromatic carbocycles. The standard InChI is InChI=1S/C21H23N3O2/c1-3-26-21(25)20-7-5-4-6-18(20)15-23(2)14-17-8-10-19(11-9-17)24-13-12-22-16-24/h4-13,16H,3,14-15H2,1-2H3. The summed E-state index contributed by atoms with van der Waals surface area (Å²) in [5, 5.41) is 0. The smallest absolute Gasteiger partial charge is 0.338 e. The molecule has 134 valence electrons. The average molecular weight is 349 g/mol. The van der Waals surface area contributed by atoms with Crippen LogP contribution < -0.4 is 0 Å². The predicted molar refractivity (Wildman–Crippen MR) is 101 cm³/mol. The second-order valence-electron chi connectivity index (χ2n) is 6.19. The van der Waals surface area contributed by atoms with Crippen molar-refractivity contribution in [3.05, 3.63) is 83.9 Å². The van der Waals surface area contributed by atoms with E-state index in [2.05, 4.69) is 34.1 Å². The minimum Gasteiger partial charge on any atom is -0.462 e. The average Bonchev–Trinajstić information content (AvgIpc) is 3.17. The number of aromatic nitrogens is 2. The first-order chi connectivity index (χ1) is 12.7. The third-order valence-electron chi connectivity index (χ3n) is 4.14. The number of benzene rings is 2. The van der Waals surface area contributed by atoms with Crippen LogP contribution in [0.1, 0.15) is 28.4 Å². The molecule has 0 N–H and O–H groups in total. The van der Waals surface area contributed by atoms with Crippen LogP contribution in [0, 0.1) is 0 Å². The summed E-state index contributed by atoms with van der Waals surface area (Å²) in [5.74, 6) is -0.263. The monoisotopic (exact) mass is 349 g/mol. The molecule has 0 bridgehead atoms. The van der Waals surface area contributed by atoms with Gasteiger partial charge in [-0.15, -0.1) is 0 Å². The highest BCUT2D eigenvalue weighted by atomic mass is 16.5. The first kappa shape index (κ1) is 17.9. The Balaban J connectivity index is 1.66. The largest absolute Gasteiger partial charge is 0.462 e. The molecular weight excluding hydrogens is 326 g/mol. The summed E-state index contributed by atoms with van der Waals surface area (Å²) in [6, 6.07) is 16.0. The number of carbonyl (C=O) groups is 1. The lowest BCUT2D eigenvalue weighted by Gasteiger charge is -2.19. The fourth-order valence-corrected chi connectivity index (χ4v) is 2.91. The van der Waals surface area contributed by atoms with Gasteiger partial charge >= 0.3 is 5.97 Å². The van der Waals surface area contributed by atoms with E-state index in [0.717, 1.165) is 17.8 Å². The summed E-state index contributed by atoms with van der Waals surface area (Å²) in [5.41, 5.74) is 3.91. The quantitative estimate of drug-likeness (QED) is 0.611. The molecule has 0 radical (unpaired) electrons. The van der Waals surface area contributed by atoms with Gasteiger partial charge in [-0.2, -0.15) is 0 Å². The molecule has 1 aromatic heterocycles. The predicted octanol–water partition coefficient (Wildman–Crippen LogP) is 3.68. The lowest BCUT2D eigenvalue weighted by molar-refractivity contribution is 0.0524. The van der Waals surface area contributed by atoms with Gasteiger partial charge in [-0.25, -0.2) is 9.78 Å². The number of esters is 1. The number of carbonyl (C=O) groups excluding carboxylic acids is 1. The van der Waals surface area contributed by atoms with Crippen LogP contribution in [0.4, 0.5) is 0 Å². The molecule has 0 aliphatic heterocycles. The van der Waals surface area contributed by atoms with Crippen molar-refractivity contribution in [2.24, 2.45) is 0 Å². The van der Waals surface area contributed by atoms with E-state index in [0.29, 0.717) is 18.7 Å². The van der Waals surface area contributed by atoms with Crippen molar-refractivity contribution in [1.29, 1.82) is 0 Å². The first-order valence-electron chi connectivity index (χ1n) is 8.68. The van der Waals surface area contributed by atoms with Crippen molar-refractivity contribution in [3.8, 4) is 5.69 Å². The Bertz CT molecular complexity index is 842. The number of hydrogen-bond acceptors (Lipinski definition) is 4. The Kier molecular flexibility index (Phi) is 5.81. The number of rotatable bonds is 7. The lowest BCUT2D eigenvalue weighted by atomic mass is 10.1. The number of ether oxygens (including phenoxy) is 1. The summed E-state index contributed by atoms with van der Waals surface area (Å²) in [6.45, 7) is 3.67. The third kappa shape index (κ3) is 4.37. The van der Waals surface area contributed by atoms with Gasteiger partial charge < -0.3 is 9.30 Å². The maximum absolute atomic E-state index is 12.1. The number of nitrogens with zero attached hydrogens (tertiary/aromatic N) is 3. The van der Waals surface area contributed by atoms with Gasteiger partial charge in [-0.1, -0.05) is 30.3 Å². The van der Waals surface area contributed by atoms with Crippen molar-refractivity contribution < 1.29 is 9.53 Å². The maximum atomic E-state index is 12.1. The van der Waals surface area contributed by atoms with Gasteiger partial charge in [0.1, 0.15) is 0 Å². The molecule has 0 spiro atoms. The van der Waals surface area contributed by atoms with Crippen LogP contribution in [-0.4, -0.2) is 34.1 Å². The summed E-state index contributed by atoms with van der Waals surface area (Å²) in [4.78, 5) is 18.4. The maximum Gasteiger partial charge on any atom is 0.338 e. The molecule has 0 aliphatic rings. The van der Waals surface area contributed by atoms with Crippen molar-refractivity contribution in [1.82, 2.24) is 14.5 Å². The zero-order valence-electron chi connectivity index (χ0n) is 15.1. The third-order valence-corrected chi connectivity index (χ3v) is 4.14. The lowest BCUT2D eigenvalue weighted by Crippen LogP contribution is -2.19. The van der Waals surface area contributed by atoms with Gasteiger partial charge in [-0.05, 0) is 43.3 Å². The first-order valence-corrected chi connectivity index (χ1v) is 8.68. The Morgan fingerprint density at radius 3 is 2.58 bits per heavy atom. The molecule has 0 unspecified atom stereocenters. The molecule has 0 amide bonds. The van der Waals surface area contributed by atoms with Gasteiger partial charge in [-0.3, -0.25) is 4.90 Å². The normalized spacial score (nSPS) is 10.9. The van der Waals surface area contributed by atoms with Crippen molar-refractivity contribution in [3.63, 3.8) is 0 Å². The molecule has 3 rings (SSSR count). The van der Waals surface area contributed by atoms with Crippen molar-refractivity contribution in [2.45, 2.75) is 20.0 Å². The Morgan fingerprint density at radius 1 is 1.12 bits per heavy atom. The van der Waals surface area contributed by atoms with Gasteiger partial charge in [0.25, 0.3) is 0 Å². The molecule has 0 atom stereocenters. The van der Waals surface area contributed by atoms with Crippen LogP contribution >= 0.6 is 0 Å². The summed E-state index contributed by atoms with van der Waals surface area (Å²) < 4.78 is 7.13. The highest BCUT2D eigenvalue weighted by Gasteiger charge is 2.13. The molecule has 1 heterocycles. The topological polar surface area (TPSA) is 47.4 Å². The SMILES string of the molecule is CCOC(=O)c1ccccc1CN(C)Cc1ccc(-n2ccnc2)cc1. The van der Waals surface area contributed by atoms with Gasteiger partial charge in [0.15, 0.2) is 0 Å². The fourth-order valence-electron chi connectivity index (χ4n) is 2.91. The van der Waals surface area contributed by atoms with Crippen molar-refractivity contribution >= 4 is 5.97 Å². The molecule has 0 fully saturated rings. The summed E-state index contributed by atoms with van der Waals surface area (Å²) in [6.07, 6.45) is 5.48. The Labute approximate surface area is 153 Å². The number of hydrogen-bond donors (Lipinski definition) is 0. The van der Waals surface area contributed by atoms with Gasteiger partial charge in [0.2, 0.25) is 0 Å². The van der Waals surface area contributed by atoms with E-state index in [4.69, 9.17) is 4.74 Å². The zero-order valence-corrected chi connectivity index (χ0v) is 15.1. The van der Waals surface area contributed by atoms with Crippen LogP contribution in [0.15, 0.2) is 67.3 Å². The van der Waals surface area contributed by atoms with E-state index >= 15 is 0 Å². The van der Waals surface area contributed by atoms with E-state index in [1.165, 1.54) is 5.56 Å². The molecule has 0 saturated heterocycles. The zero-order chi connectivity index (χ0) is 18.4. The van der Waals surface area contributed by atoms with Crippen LogP contribution in [0.3, 0.4) is 0 Å². The van der Waals surface area contributed by atoms with Gasteiger partial charge in [0.05, 0.1) is 18.5 Å². The van der Waals surface area contributed by atoms with Gasteiger partial charge in [0, 0.05) is 31.2 Å². The van der Waals surface area contributed by atoms with Crippen LogP contribution in [0.5, 0.6) is 0 Å². The molecule has 5 nitrogen and oxygen atoms in total. The molecule has 3 aromatic rings. The molecule has 0 saturated carbocycles.